The highest BCUT2D eigenvalue weighted by Crippen LogP contribution is 2.30. The molecule has 1 aliphatic rings. The van der Waals surface area contributed by atoms with Crippen LogP contribution in [0, 0.1) is 6.92 Å². The van der Waals surface area contributed by atoms with Gasteiger partial charge in [-0.1, -0.05) is 38.0 Å². The molecule has 1 N–H and O–H groups in total. The summed E-state index contributed by atoms with van der Waals surface area (Å²) in [5, 5.41) is 3.49. The minimum Gasteiger partial charge on any atom is -0.368 e. The number of hydrogen-bond acceptors (Lipinski definition) is 2. The van der Waals surface area contributed by atoms with E-state index < -0.39 is 0 Å². The zero-order valence-corrected chi connectivity index (χ0v) is 13.4. The Morgan fingerprint density at radius 2 is 2.10 bits per heavy atom. The van der Waals surface area contributed by atoms with Crippen molar-refractivity contribution in [2.75, 3.05) is 18.0 Å². The number of rotatable bonds is 6. The zero-order chi connectivity index (χ0) is 14.4. The van der Waals surface area contributed by atoms with E-state index in [0.717, 1.165) is 19.1 Å². The second-order valence-corrected chi connectivity index (χ2v) is 6.04. The highest BCUT2D eigenvalue weighted by Gasteiger charge is 2.23. The number of nitrogens with zero attached hydrogens (tertiary/aromatic N) is 1. The Kier molecular flexibility index (Phi) is 5.90. The van der Waals surface area contributed by atoms with Gasteiger partial charge in [-0.15, -0.1) is 0 Å². The van der Waals surface area contributed by atoms with Crippen molar-refractivity contribution in [2.45, 2.75) is 65.5 Å². The van der Waals surface area contributed by atoms with Crippen LogP contribution < -0.4 is 10.2 Å². The Morgan fingerprint density at radius 1 is 1.25 bits per heavy atom. The summed E-state index contributed by atoms with van der Waals surface area (Å²) in [4.78, 5) is 2.68. The second-order valence-electron chi connectivity index (χ2n) is 6.04. The first-order chi connectivity index (χ1) is 9.76. The predicted molar refractivity (Wildman–Crippen MR) is 88.5 cm³/mol. The topological polar surface area (TPSA) is 15.3 Å². The van der Waals surface area contributed by atoms with Crippen LogP contribution in [-0.4, -0.2) is 19.1 Å². The summed E-state index contributed by atoms with van der Waals surface area (Å²) in [5.41, 5.74) is 4.30. The molecular formula is C18H30N2. The Hall–Kier alpha value is -1.02. The Bertz CT molecular complexity index is 412. The average Bonchev–Trinajstić information content (AvgIpc) is 2.46. The van der Waals surface area contributed by atoms with Crippen molar-refractivity contribution in [1.29, 1.82) is 0 Å². The van der Waals surface area contributed by atoms with Crippen LogP contribution in [0.5, 0.6) is 0 Å². The molecule has 1 aliphatic heterocycles. The van der Waals surface area contributed by atoms with Crippen molar-refractivity contribution in [3.63, 3.8) is 0 Å². The lowest BCUT2D eigenvalue weighted by Crippen LogP contribution is -2.40. The maximum absolute atomic E-state index is 3.49. The van der Waals surface area contributed by atoms with E-state index >= 15 is 0 Å². The zero-order valence-electron chi connectivity index (χ0n) is 13.4. The van der Waals surface area contributed by atoms with Gasteiger partial charge in [0.25, 0.3) is 0 Å². The molecule has 1 unspecified atom stereocenters. The third kappa shape index (κ3) is 3.76. The van der Waals surface area contributed by atoms with E-state index in [-0.39, 0.29) is 0 Å². The Balaban J connectivity index is 2.24. The van der Waals surface area contributed by atoms with E-state index in [9.17, 15) is 0 Å². The maximum atomic E-state index is 3.49. The summed E-state index contributed by atoms with van der Waals surface area (Å²) in [7, 11) is 0. The lowest BCUT2D eigenvalue weighted by molar-refractivity contribution is 0.433. The summed E-state index contributed by atoms with van der Waals surface area (Å²) >= 11 is 0. The average molecular weight is 274 g/mol. The van der Waals surface area contributed by atoms with Crippen LogP contribution >= 0.6 is 0 Å². The summed E-state index contributed by atoms with van der Waals surface area (Å²) in [6.45, 7) is 9.93. The number of benzene rings is 1. The molecule has 2 rings (SSSR count). The molecule has 20 heavy (non-hydrogen) atoms. The van der Waals surface area contributed by atoms with E-state index in [1.54, 1.807) is 0 Å². The first kappa shape index (κ1) is 15.4. The van der Waals surface area contributed by atoms with E-state index in [1.165, 1.54) is 55.5 Å². The number of anilines is 1. The summed E-state index contributed by atoms with van der Waals surface area (Å²) < 4.78 is 0. The van der Waals surface area contributed by atoms with Crippen LogP contribution in [0.25, 0.3) is 0 Å². The molecule has 0 saturated carbocycles. The molecule has 112 valence electrons. The number of hydrogen-bond donors (Lipinski definition) is 1. The van der Waals surface area contributed by atoms with Crippen molar-refractivity contribution in [3.05, 3.63) is 29.3 Å². The Morgan fingerprint density at radius 3 is 2.85 bits per heavy atom. The largest absolute Gasteiger partial charge is 0.368 e. The molecule has 2 nitrogen and oxygen atoms in total. The minimum atomic E-state index is 0.747. The standard InChI is InChI=1S/C18H30N2/c1-4-8-17-9-6-7-12-20(17)18-11-10-15(3)13-16(18)14-19-5-2/h10-11,13,17,19H,4-9,12,14H2,1-3H3. The quantitative estimate of drug-likeness (QED) is 0.833. The second kappa shape index (κ2) is 7.68. The van der Waals surface area contributed by atoms with Crippen LogP contribution in [0.2, 0.25) is 0 Å². The predicted octanol–water partition coefficient (Wildman–Crippen LogP) is 4.26. The van der Waals surface area contributed by atoms with E-state index in [0.29, 0.717) is 0 Å². The van der Waals surface area contributed by atoms with Crippen molar-refractivity contribution in [1.82, 2.24) is 5.32 Å². The van der Waals surface area contributed by atoms with Gasteiger partial charge in [-0.05, 0) is 50.8 Å². The van der Waals surface area contributed by atoms with Gasteiger partial charge in [-0.2, -0.15) is 0 Å². The molecule has 1 aromatic rings. The number of nitrogens with one attached hydrogen (secondary N) is 1. The first-order valence-corrected chi connectivity index (χ1v) is 8.33. The first-order valence-electron chi connectivity index (χ1n) is 8.33. The van der Waals surface area contributed by atoms with E-state index in [2.05, 4.69) is 49.2 Å². The van der Waals surface area contributed by atoms with Gasteiger partial charge in [0.2, 0.25) is 0 Å². The number of piperidine rings is 1. The molecule has 1 aromatic carbocycles. The smallest absolute Gasteiger partial charge is 0.0414 e. The van der Waals surface area contributed by atoms with Gasteiger partial charge in [0.15, 0.2) is 0 Å². The molecule has 1 atom stereocenters. The SMILES string of the molecule is CCCC1CCCCN1c1ccc(C)cc1CNCC. The maximum Gasteiger partial charge on any atom is 0.0414 e. The summed E-state index contributed by atoms with van der Waals surface area (Å²) in [6, 6.07) is 7.71. The fraction of sp³-hybridized carbons (Fsp3) is 0.667. The molecule has 1 heterocycles. The lowest BCUT2D eigenvalue weighted by atomic mass is 9.96. The third-order valence-corrected chi connectivity index (χ3v) is 4.36. The molecule has 0 amide bonds. The lowest BCUT2D eigenvalue weighted by Gasteiger charge is -2.39. The van der Waals surface area contributed by atoms with Crippen LogP contribution in [0.1, 0.15) is 57.1 Å². The molecule has 1 fully saturated rings. The van der Waals surface area contributed by atoms with Gasteiger partial charge in [0.1, 0.15) is 0 Å². The highest BCUT2D eigenvalue weighted by atomic mass is 15.2. The molecular weight excluding hydrogens is 244 g/mol. The Labute approximate surface area is 124 Å². The summed E-state index contributed by atoms with van der Waals surface area (Å²) in [6.07, 6.45) is 6.72. The normalized spacial score (nSPS) is 19.4. The number of aryl methyl sites for hydroxylation is 1. The van der Waals surface area contributed by atoms with Gasteiger partial charge in [0.05, 0.1) is 0 Å². The van der Waals surface area contributed by atoms with Gasteiger partial charge in [-0.25, -0.2) is 0 Å². The van der Waals surface area contributed by atoms with Crippen LogP contribution in [0.4, 0.5) is 5.69 Å². The van der Waals surface area contributed by atoms with Gasteiger partial charge < -0.3 is 10.2 Å². The van der Waals surface area contributed by atoms with E-state index in [4.69, 9.17) is 0 Å². The van der Waals surface area contributed by atoms with Crippen LogP contribution in [0.15, 0.2) is 18.2 Å². The van der Waals surface area contributed by atoms with E-state index in [1.807, 2.05) is 0 Å². The fourth-order valence-corrected chi connectivity index (χ4v) is 3.35. The molecule has 0 bridgehead atoms. The van der Waals surface area contributed by atoms with Crippen molar-refractivity contribution < 1.29 is 0 Å². The van der Waals surface area contributed by atoms with Crippen LogP contribution in [-0.2, 0) is 6.54 Å². The summed E-state index contributed by atoms with van der Waals surface area (Å²) in [5.74, 6) is 0. The minimum absolute atomic E-state index is 0.747. The van der Waals surface area contributed by atoms with Gasteiger partial charge >= 0.3 is 0 Å². The van der Waals surface area contributed by atoms with Crippen molar-refractivity contribution >= 4 is 5.69 Å². The highest BCUT2D eigenvalue weighted by molar-refractivity contribution is 5.56. The fourth-order valence-electron chi connectivity index (χ4n) is 3.35. The monoisotopic (exact) mass is 274 g/mol. The van der Waals surface area contributed by atoms with Crippen LogP contribution in [0.3, 0.4) is 0 Å². The third-order valence-electron chi connectivity index (χ3n) is 4.36. The van der Waals surface area contributed by atoms with Gasteiger partial charge in [0, 0.05) is 24.8 Å². The molecule has 0 aliphatic carbocycles. The molecule has 0 aromatic heterocycles. The molecule has 2 heteroatoms. The van der Waals surface area contributed by atoms with Crippen molar-refractivity contribution in [3.8, 4) is 0 Å². The molecule has 0 radical (unpaired) electrons. The molecule has 0 spiro atoms. The van der Waals surface area contributed by atoms with Crippen molar-refractivity contribution in [2.24, 2.45) is 0 Å². The molecule has 1 saturated heterocycles. The van der Waals surface area contributed by atoms with Gasteiger partial charge in [-0.3, -0.25) is 0 Å².